The van der Waals surface area contributed by atoms with Gasteiger partial charge in [-0.3, -0.25) is 4.98 Å². The maximum atomic E-state index is 4.40. The van der Waals surface area contributed by atoms with Gasteiger partial charge in [-0.25, -0.2) is 9.50 Å². The number of benzene rings is 1. The molecule has 0 amide bonds. The van der Waals surface area contributed by atoms with Gasteiger partial charge >= 0.3 is 0 Å². The molecule has 0 fully saturated rings. The lowest BCUT2D eigenvalue weighted by Gasteiger charge is -1.93. The van der Waals surface area contributed by atoms with Crippen molar-refractivity contribution in [2.45, 2.75) is 0 Å². The minimum absolute atomic E-state index is 0.726. The first-order valence-corrected chi connectivity index (χ1v) is 5.83. The second-order valence-electron chi connectivity index (χ2n) is 3.32. The Morgan fingerprint density at radius 2 is 1.94 bits per heavy atom. The molecule has 0 N–H and O–H groups in total. The van der Waals surface area contributed by atoms with Crippen molar-refractivity contribution in [3.05, 3.63) is 46.4 Å². The molecule has 0 saturated heterocycles. The van der Waals surface area contributed by atoms with E-state index in [0.29, 0.717) is 0 Å². The molecule has 0 atom stereocenters. The maximum absolute atomic E-state index is 4.40. The van der Waals surface area contributed by atoms with E-state index in [1.165, 1.54) is 3.57 Å². The highest BCUT2D eigenvalue weighted by Gasteiger charge is 2.05. The fourth-order valence-electron chi connectivity index (χ4n) is 1.47. The van der Waals surface area contributed by atoms with Gasteiger partial charge in [-0.05, 0) is 34.7 Å². The topological polar surface area (TPSA) is 43.1 Å². The summed E-state index contributed by atoms with van der Waals surface area (Å²) in [7, 11) is 0. The van der Waals surface area contributed by atoms with Gasteiger partial charge in [-0.1, -0.05) is 12.1 Å². The lowest BCUT2D eigenvalue weighted by atomic mass is 10.2. The number of hydrogen-bond donors (Lipinski definition) is 0. The molecule has 0 aliphatic heterocycles. The molecule has 0 saturated carbocycles. The largest absolute Gasteiger partial charge is 0.259 e. The molecule has 4 nitrogen and oxygen atoms in total. The van der Waals surface area contributed by atoms with E-state index in [1.54, 1.807) is 23.1 Å². The monoisotopic (exact) mass is 322 g/mol. The van der Waals surface area contributed by atoms with E-state index < -0.39 is 0 Å². The van der Waals surface area contributed by atoms with Crippen LogP contribution in [0.3, 0.4) is 0 Å². The van der Waals surface area contributed by atoms with E-state index in [2.05, 4.69) is 37.7 Å². The smallest absolute Gasteiger partial charge is 0.182 e. The Balaban J connectivity index is 2.15. The van der Waals surface area contributed by atoms with Crippen LogP contribution >= 0.6 is 22.6 Å². The summed E-state index contributed by atoms with van der Waals surface area (Å²) < 4.78 is 2.92. The van der Waals surface area contributed by atoms with E-state index in [9.17, 15) is 0 Å². The minimum Gasteiger partial charge on any atom is -0.259 e. The molecule has 0 bridgehead atoms. The maximum Gasteiger partial charge on any atom is 0.182 e. The van der Waals surface area contributed by atoms with Crippen LogP contribution in [0.4, 0.5) is 0 Å². The molecule has 3 aromatic rings. The normalized spacial score (nSPS) is 10.8. The van der Waals surface area contributed by atoms with Gasteiger partial charge in [0.15, 0.2) is 11.5 Å². The molecule has 0 spiro atoms. The highest BCUT2D eigenvalue weighted by Crippen LogP contribution is 2.17. The highest BCUT2D eigenvalue weighted by atomic mass is 127. The van der Waals surface area contributed by atoms with E-state index in [1.807, 2.05) is 24.3 Å². The zero-order valence-corrected chi connectivity index (χ0v) is 10.4. The highest BCUT2D eigenvalue weighted by molar-refractivity contribution is 14.1. The molecule has 0 radical (unpaired) electrons. The van der Waals surface area contributed by atoms with Gasteiger partial charge in [0.05, 0.1) is 6.20 Å². The zero-order chi connectivity index (χ0) is 11.0. The van der Waals surface area contributed by atoms with Crippen molar-refractivity contribution < 1.29 is 0 Å². The predicted molar refractivity (Wildman–Crippen MR) is 68.9 cm³/mol. The lowest BCUT2D eigenvalue weighted by Crippen LogP contribution is -1.86. The Hall–Kier alpha value is -1.50. The van der Waals surface area contributed by atoms with Crippen LogP contribution in [0.25, 0.3) is 17.0 Å². The van der Waals surface area contributed by atoms with Crippen LogP contribution in [-0.4, -0.2) is 19.6 Å². The number of nitrogens with zero attached hydrogens (tertiary/aromatic N) is 4. The quantitative estimate of drug-likeness (QED) is 0.646. The summed E-state index contributed by atoms with van der Waals surface area (Å²) in [5.41, 5.74) is 1.78. The Kier molecular flexibility index (Phi) is 2.32. The van der Waals surface area contributed by atoms with E-state index in [0.717, 1.165) is 17.0 Å². The Bertz CT molecular complexity index is 597. The van der Waals surface area contributed by atoms with Crippen LogP contribution in [0.15, 0.2) is 42.9 Å². The lowest BCUT2D eigenvalue weighted by molar-refractivity contribution is 0.950. The predicted octanol–water partition coefficient (Wildman–Crippen LogP) is 2.40. The molecule has 3 rings (SSSR count). The number of fused-ring (bicyclic) bond motifs is 1. The van der Waals surface area contributed by atoms with Crippen molar-refractivity contribution in [3.8, 4) is 11.4 Å². The second kappa shape index (κ2) is 3.82. The van der Waals surface area contributed by atoms with Crippen LogP contribution in [0.2, 0.25) is 0 Å². The molecule has 2 heterocycles. The first-order chi connectivity index (χ1) is 7.83. The SMILES string of the molecule is Ic1ccc(-c2nc3cnccn3n2)cc1. The van der Waals surface area contributed by atoms with E-state index in [-0.39, 0.29) is 0 Å². The first kappa shape index (κ1) is 9.71. The summed E-state index contributed by atoms with van der Waals surface area (Å²) in [6.07, 6.45) is 5.18. The number of aromatic nitrogens is 4. The Morgan fingerprint density at radius 3 is 2.69 bits per heavy atom. The molecule has 78 valence electrons. The fraction of sp³-hybridized carbons (Fsp3) is 0. The molecule has 0 aliphatic carbocycles. The summed E-state index contributed by atoms with van der Waals surface area (Å²) in [6, 6.07) is 8.12. The van der Waals surface area contributed by atoms with Crippen LogP contribution < -0.4 is 0 Å². The van der Waals surface area contributed by atoms with E-state index >= 15 is 0 Å². The average Bonchev–Trinajstić information content (AvgIpc) is 2.73. The van der Waals surface area contributed by atoms with Crippen molar-refractivity contribution in [3.63, 3.8) is 0 Å². The van der Waals surface area contributed by atoms with Gasteiger partial charge in [0.1, 0.15) is 0 Å². The molecule has 5 heteroatoms. The van der Waals surface area contributed by atoms with Crippen LogP contribution in [0.1, 0.15) is 0 Å². The second-order valence-corrected chi connectivity index (χ2v) is 4.57. The van der Waals surface area contributed by atoms with E-state index in [4.69, 9.17) is 0 Å². The van der Waals surface area contributed by atoms with Crippen molar-refractivity contribution in [2.24, 2.45) is 0 Å². The van der Waals surface area contributed by atoms with Crippen molar-refractivity contribution in [1.82, 2.24) is 19.6 Å². The zero-order valence-electron chi connectivity index (χ0n) is 8.21. The van der Waals surface area contributed by atoms with Gasteiger partial charge in [0.2, 0.25) is 0 Å². The first-order valence-electron chi connectivity index (χ1n) is 4.75. The molecule has 1 aromatic carbocycles. The van der Waals surface area contributed by atoms with Crippen LogP contribution in [-0.2, 0) is 0 Å². The van der Waals surface area contributed by atoms with Crippen molar-refractivity contribution in [1.29, 1.82) is 0 Å². The van der Waals surface area contributed by atoms with Gasteiger partial charge in [0.25, 0.3) is 0 Å². The summed E-state index contributed by atoms with van der Waals surface area (Å²) in [5, 5.41) is 4.38. The van der Waals surface area contributed by atoms with Gasteiger partial charge < -0.3 is 0 Å². The van der Waals surface area contributed by atoms with Gasteiger partial charge in [0, 0.05) is 21.5 Å². The average molecular weight is 322 g/mol. The minimum atomic E-state index is 0.726. The summed E-state index contributed by atoms with van der Waals surface area (Å²) in [4.78, 5) is 8.41. The van der Waals surface area contributed by atoms with Crippen molar-refractivity contribution in [2.75, 3.05) is 0 Å². The molecule has 0 aliphatic rings. The standard InChI is InChI=1S/C11H7IN4/c12-9-3-1-8(2-4-9)11-14-10-7-13-5-6-16(10)15-11/h1-7H. The summed E-state index contributed by atoms with van der Waals surface area (Å²) in [6.45, 7) is 0. The van der Waals surface area contributed by atoms with Crippen molar-refractivity contribution >= 4 is 28.2 Å². The third kappa shape index (κ3) is 1.67. The molecule has 2 aromatic heterocycles. The van der Waals surface area contributed by atoms with Gasteiger partial charge in [-0.2, -0.15) is 0 Å². The third-order valence-corrected chi connectivity index (χ3v) is 2.96. The summed E-state index contributed by atoms with van der Waals surface area (Å²) >= 11 is 2.27. The van der Waals surface area contributed by atoms with Crippen LogP contribution in [0, 0.1) is 3.57 Å². The molecular weight excluding hydrogens is 315 g/mol. The molecule has 0 unspecified atom stereocenters. The number of hydrogen-bond acceptors (Lipinski definition) is 3. The third-order valence-electron chi connectivity index (χ3n) is 2.24. The Labute approximate surface area is 105 Å². The van der Waals surface area contributed by atoms with Gasteiger partial charge in [-0.15, -0.1) is 5.10 Å². The molecule has 16 heavy (non-hydrogen) atoms. The summed E-state index contributed by atoms with van der Waals surface area (Å²) in [5.74, 6) is 0.726. The number of rotatable bonds is 1. The Morgan fingerprint density at radius 1 is 1.12 bits per heavy atom. The van der Waals surface area contributed by atoms with Crippen LogP contribution in [0.5, 0.6) is 0 Å². The molecular formula is C11H7IN4. The fourth-order valence-corrected chi connectivity index (χ4v) is 1.83. The number of halogens is 1.